The number of hydrogen-bond donors (Lipinski definition) is 2. The van der Waals surface area contributed by atoms with Crippen molar-refractivity contribution in [3.8, 4) is 17.6 Å². The number of hydrogen-bond acceptors (Lipinski definition) is 7. The number of carbonyl (C=O) groups is 2. The number of carbonyl (C=O) groups excluding carboxylic acids is 2. The standard InChI is InChI=1S/C28H32ClN3O5/c1-5-37-28(34)20-9-7-19(8-10-20)27(33)32-24-14-26(36-4)21(15-30)13-22(24)17(2)31-16-18-6-11-25(35-3)23(29)12-18/h6,11-14,19-20,31H,2,5,7-10,16H2,1,3-4H3,(H,32,33). The zero-order chi connectivity index (χ0) is 26.9. The predicted octanol–water partition coefficient (Wildman–Crippen LogP) is 5.30. The number of benzene rings is 2. The van der Waals surface area contributed by atoms with Crippen LogP contribution in [0.3, 0.4) is 0 Å². The van der Waals surface area contributed by atoms with E-state index in [-0.39, 0.29) is 23.7 Å². The third-order valence-electron chi connectivity index (χ3n) is 6.48. The summed E-state index contributed by atoms with van der Waals surface area (Å²) in [5.41, 5.74) is 2.81. The molecule has 1 aliphatic rings. The molecule has 0 aliphatic heterocycles. The third-order valence-corrected chi connectivity index (χ3v) is 6.78. The Labute approximate surface area is 222 Å². The van der Waals surface area contributed by atoms with Gasteiger partial charge in [-0.3, -0.25) is 9.59 Å². The molecule has 0 saturated heterocycles. The van der Waals surface area contributed by atoms with E-state index in [0.29, 0.717) is 77.9 Å². The van der Waals surface area contributed by atoms with E-state index in [1.165, 1.54) is 7.11 Å². The first-order chi connectivity index (χ1) is 17.8. The fraction of sp³-hybridized carbons (Fsp3) is 0.393. The number of amides is 1. The highest BCUT2D eigenvalue weighted by Gasteiger charge is 2.31. The van der Waals surface area contributed by atoms with Gasteiger partial charge in [-0.1, -0.05) is 24.2 Å². The average Bonchev–Trinajstić information content (AvgIpc) is 2.91. The molecule has 1 saturated carbocycles. The Hall–Kier alpha value is -3.70. The van der Waals surface area contributed by atoms with E-state index in [9.17, 15) is 14.9 Å². The Bertz CT molecular complexity index is 1200. The second kappa shape index (κ2) is 13.0. The van der Waals surface area contributed by atoms with Crippen LogP contribution in [0.1, 0.15) is 49.3 Å². The van der Waals surface area contributed by atoms with Crippen LogP contribution in [-0.2, 0) is 20.9 Å². The summed E-state index contributed by atoms with van der Waals surface area (Å²) >= 11 is 6.23. The maximum Gasteiger partial charge on any atom is 0.308 e. The molecule has 0 aromatic heterocycles. The van der Waals surface area contributed by atoms with E-state index in [0.717, 1.165) is 5.56 Å². The molecule has 3 rings (SSSR count). The molecule has 2 aromatic carbocycles. The smallest absolute Gasteiger partial charge is 0.308 e. The Kier molecular flexibility index (Phi) is 9.81. The van der Waals surface area contributed by atoms with E-state index in [2.05, 4.69) is 23.3 Å². The average molecular weight is 526 g/mol. The quantitative estimate of drug-likeness (QED) is 0.405. The van der Waals surface area contributed by atoms with Gasteiger partial charge in [-0.05, 0) is 56.4 Å². The van der Waals surface area contributed by atoms with Gasteiger partial charge in [0.2, 0.25) is 5.91 Å². The number of anilines is 1. The van der Waals surface area contributed by atoms with Crippen LogP contribution in [0.25, 0.3) is 5.70 Å². The van der Waals surface area contributed by atoms with E-state index in [1.54, 1.807) is 38.3 Å². The first-order valence-corrected chi connectivity index (χ1v) is 12.5. The second-order valence-electron chi connectivity index (χ2n) is 8.80. The second-order valence-corrected chi connectivity index (χ2v) is 9.21. The molecule has 8 nitrogen and oxygen atoms in total. The van der Waals surface area contributed by atoms with Crippen molar-refractivity contribution in [1.29, 1.82) is 5.26 Å². The molecule has 0 bridgehead atoms. The highest BCUT2D eigenvalue weighted by molar-refractivity contribution is 6.32. The van der Waals surface area contributed by atoms with Gasteiger partial charge in [-0.2, -0.15) is 5.26 Å². The fourth-order valence-electron chi connectivity index (χ4n) is 4.40. The molecule has 9 heteroatoms. The molecule has 196 valence electrons. The predicted molar refractivity (Wildman–Crippen MR) is 142 cm³/mol. The van der Waals surface area contributed by atoms with Gasteiger partial charge in [0.15, 0.2) is 0 Å². The SMILES string of the molecule is C=C(NCc1ccc(OC)c(Cl)c1)c1cc(C#N)c(OC)cc1NC(=O)C1CCC(C(=O)OCC)CC1. The summed E-state index contributed by atoms with van der Waals surface area (Å²) in [4.78, 5) is 25.2. The summed E-state index contributed by atoms with van der Waals surface area (Å²) in [5.74, 6) is 0.195. The van der Waals surface area contributed by atoms with Crippen molar-refractivity contribution in [1.82, 2.24) is 5.32 Å². The monoisotopic (exact) mass is 525 g/mol. The molecule has 2 N–H and O–H groups in total. The van der Waals surface area contributed by atoms with Crippen LogP contribution in [0.15, 0.2) is 36.9 Å². The van der Waals surface area contributed by atoms with Crippen LogP contribution in [0.5, 0.6) is 11.5 Å². The normalized spacial score (nSPS) is 16.7. The Balaban J connectivity index is 1.75. The summed E-state index contributed by atoms with van der Waals surface area (Å²) in [6.45, 7) is 6.69. The maximum absolute atomic E-state index is 13.2. The molecule has 1 aliphatic carbocycles. The van der Waals surface area contributed by atoms with Crippen molar-refractivity contribution in [3.63, 3.8) is 0 Å². The number of nitrogens with zero attached hydrogens (tertiary/aromatic N) is 1. The molecule has 2 aromatic rings. The van der Waals surface area contributed by atoms with Gasteiger partial charge >= 0.3 is 5.97 Å². The number of esters is 1. The van der Waals surface area contributed by atoms with Crippen LogP contribution in [0, 0.1) is 23.2 Å². The van der Waals surface area contributed by atoms with Crippen LogP contribution >= 0.6 is 11.6 Å². The van der Waals surface area contributed by atoms with E-state index < -0.39 is 0 Å². The fourth-order valence-corrected chi connectivity index (χ4v) is 4.68. The first-order valence-electron chi connectivity index (χ1n) is 12.2. The lowest BCUT2D eigenvalue weighted by molar-refractivity contribution is -0.150. The topological polar surface area (TPSA) is 110 Å². The molecule has 0 spiro atoms. The molecule has 0 radical (unpaired) electrons. The largest absolute Gasteiger partial charge is 0.495 e. The Morgan fingerprint density at radius 1 is 1.08 bits per heavy atom. The molecular weight excluding hydrogens is 494 g/mol. The number of nitriles is 1. The minimum Gasteiger partial charge on any atom is -0.495 e. The summed E-state index contributed by atoms with van der Waals surface area (Å²) in [7, 11) is 3.03. The van der Waals surface area contributed by atoms with Crippen molar-refractivity contribution < 1.29 is 23.8 Å². The van der Waals surface area contributed by atoms with Crippen molar-refractivity contribution in [2.24, 2.45) is 11.8 Å². The van der Waals surface area contributed by atoms with Gasteiger partial charge in [-0.25, -0.2) is 0 Å². The lowest BCUT2D eigenvalue weighted by Crippen LogP contribution is -2.30. The van der Waals surface area contributed by atoms with Crippen molar-refractivity contribution in [2.45, 2.75) is 39.2 Å². The highest BCUT2D eigenvalue weighted by atomic mass is 35.5. The van der Waals surface area contributed by atoms with Gasteiger partial charge in [0.25, 0.3) is 0 Å². The van der Waals surface area contributed by atoms with Crippen LogP contribution < -0.4 is 20.1 Å². The zero-order valence-electron chi connectivity index (χ0n) is 21.4. The van der Waals surface area contributed by atoms with E-state index in [4.69, 9.17) is 25.8 Å². The Morgan fingerprint density at radius 2 is 1.76 bits per heavy atom. The minimum absolute atomic E-state index is 0.148. The van der Waals surface area contributed by atoms with Crippen LogP contribution in [-0.4, -0.2) is 32.7 Å². The molecule has 1 fully saturated rings. The number of methoxy groups -OCH3 is 2. The summed E-state index contributed by atoms with van der Waals surface area (Å²) < 4.78 is 15.7. The molecule has 0 unspecified atom stereocenters. The molecule has 37 heavy (non-hydrogen) atoms. The minimum atomic E-state index is -0.233. The van der Waals surface area contributed by atoms with E-state index in [1.807, 2.05) is 6.07 Å². The summed E-state index contributed by atoms with van der Waals surface area (Å²) in [6, 6.07) is 10.9. The molecule has 1 amide bonds. The lowest BCUT2D eigenvalue weighted by Gasteiger charge is -2.27. The highest BCUT2D eigenvalue weighted by Crippen LogP contribution is 2.34. The van der Waals surface area contributed by atoms with Gasteiger partial charge in [0.1, 0.15) is 17.6 Å². The summed E-state index contributed by atoms with van der Waals surface area (Å²) in [5, 5.41) is 16.3. The number of nitrogens with one attached hydrogen (secondary N) is 2. The maximum atomic E-state index is 13.2. The van der Waals surface area contributed by atoms with Gasteiger partial charge in [-0.15, -0.1) is 0 Å². The molecular formula is C28H32ClN3O5. The number of halogens is 1. The van der Waals surface area contributed by atoms with E-state index >= 15 is 0 Å². The first kappa shape index (κ1) is 27.9. The van der Waals surface area contributed by atoms with Crippen LogP contribution in [0.2, 0.25) is 5.02 Å². The van der Waals surface area contributed by atoms with Gasteiger partial charge < -0.3 is 24.8 Å². The van der Waals surface area contributed by atoms with Crippen LogP contribution in [0.4, 0.5) is 5.69 Å². The molecule has 0 atom stereocenters. The summed E-state index contributed by atoms with van der Waals surface area (Å²) in [6.07, 6.45) is 2.41. The lowest BCUT2D eigenvalue weighted by atomic mass is 9.81. The van der Waals surface area contributed by atoms with Crippen molar-refractivity contribution in [3.05, 3.63) is 58.6 Å². The molecule has 0 heterocycles. The van der Waals surface area contributed by atoms with Gasteiger partial charge in [0, 0.05) is 29.8 Å². The third kappa shape index (κ3) is 6.95. The Morgan fingerprint density at radius 3 is 2.35 bits per heavy atom. The van der Waals surface area contributed by atoms with Crippen molar-refractivity contribution in [2.75, 3.05) is 26.1 Å². The van der Waals surface area contributed by atoms with Crippen molar-refractivity contribution >= 4 is 34.9 Å². The number of rotatable bonds is 10. The zero-order valence-corrected chi connectivity index (χ0v) is 22.1. The number of ether oxygens (including phenoxy) is 3. The van der Waals surface area contributed by atoms with Gasteiger partial charge in [0.05, 0.1) is 43.0 Å².